The summed E-state index contributed by atoms with van der Waals surface area (Å²) in [5, 5.41) is 3.32. The van der Waals surface area contributed by atoms with Crippen LogP contribution in [-0.4, -0.2) is 34.4 Å². The van der Waals surface area contributed by atoms with Gasteiger partial charge in [0.05, 0.1) is 12.9 Å². The Morgan fingerprint density at radius 1 is 1.26 bits per heavy atom. The molecule has 1 fully saturated rings. The predicted octanol–water partition coefficient (Wildman–Crippen LogP) is 1.44. The minimum absolute atomic E-state index is 0.553. The minimum Gasteiger partial charge on any atom is -0.493 e. The Labute approximate surface area is 114 Å². The smallest absolute Gasteiger partial charge is 0.229 e. The van der Waals surface area contributed by atoms with Gasteiger partial charge in [0.15, 0.2) is 0 Å². The van der Waals surface area contributed by atoms with Gasteiger partial charge in [-0.1, -0.05) is 0 Å². The Kier molecular flexibility index (Phi) is 4.66. The average Bonchev–Trinajstić information content (AvgIpc) is 2.37. The lowest BCUT2D eigenvalue weighted by Crippen LogP contribution is -2.30. The SMILES string of the molecule is CS(=O)(=O)Nc1ccc(OCC2CCNCC2)cc1. The van der Waals surface area contributed by atoms with Crippen molar-refractivity contribution in [2.24, 2.45) is 5.92 Å². The lowest BCUT2D eigenvalue weighted by Gasteiger charge is -2.22. The van der Waals surface area contributed by atoms with Gasteiger partial charge in [-0.2, -0.15) is 0 Å². The Hall–Kier alpha value is -1.27. The van der Waals surface area contributed by atoms with E-state index >= 15 is 0 Å². The largest absolute Gasteiger partial charge is 0.493 e. The zero-order valence-corrected chi connectivity index (χ0v) is 11.9. The van der Waals surface area contributed by atoms with E-state index < -0.39 is 10.0 Å². The van der Waals surface area contributed by atoms with E-state index in [4.69, 9.17) is 4.74 Å². The molecule has 1 aliphatic rings. The van der Waals surface area contributed by atoms with Crippen molar-refractivity contribution in [2.45, 2.75) is 12.8 Å². The highest BCUT2D eigenvalue weighted by atomic mass is 32.2. The normalized spacial score (nSPS) is 17.1. The molecule has 2 N–H and O–H groups in total. The Bertz CT molecular complexity index is 493. The third kappa shape index (κ3) is 5.08. The maximum absolute atomic E-state index is 11.1. The van der Waals surface area contributed by atoms with E-state index in [9.17, 15) is 8.42 Å². The molecule has 1 heterocycles. The molecule has 5 nitrogen and oxygen atoms in total. The molecular formula is C13H20N2O3S. The molecule has 106 valence electrons. The molecule has 0 atom stereocenters. The summed E-state index contributed by atoms with van der Waals surface area (Å²) in [6.45, 7) is 2.84. The summed E-state index contributed by atoms with van der Waals surface area (Å²) in [5.41, 5.74) is 0.553. The topological polar surface area (TPSA) is 67.4 Å². The Balaban J connectivity index is 1.84. The number of rotatable bonds is 5. The van der Waals surface area contributed by atoms with Gasteiger partial charge in [0, 0.05) is 5.69 Å². The van der Waals surface area contributed by atoms with Crippen molar-refractivity contribution in [1.29, 1.82) is 0 Å². The van der Waals surface area contributed by atoms with E-state index in [2.05, 4.69) is 10.0 Å². The summed E-state index contributed by atoms with van der Waals surface area (Å²) in [7, 11) is -3.22. The van der Waals surface area contributed by atoms with E-state index in [0.717, 1.165) is 44.5 Å². The van der Waals surface area contributed by atoms with Crippen LogP contribution < -0.4 is 14.8 Å². The number of sulfonamides is 1. The van der Waals surface area contributed by atoms with E-state index in [0.29, 0.717) is 11.6 Å². The Morgan fingerprint density at radius 2 is 1.89 bits per heavy atom. The van der Waals surface area contributed by atoms with Crippen LogP contribution >= 0.6 is 0 Å². The van der Waals surface area contributed by atoms with Crippen LogP contribution in [0.5, 0.6) is 5.75 Å². The van der Waals surface area contributed by atoms with Gasteiger partial charge in [0.25, 0.3) is 0 Å². The molecule has 1 aliphatic heterocycles. The molecule has 0 bridgehead atoms. The number of anilines is 1. The van der Waals surface area contributed by atoms with E-state index in [-0.39, 0.29) is 0 Å². The molecule has 0 aliphatic carbocycles. The number of benzene rings is 1. The van der Waals surface area contributed by atoms with Crippen LogP contribution in [0.25, 0.3) is 0 Å². The second kappa shape index (κ2) is 6.25. The van der Waals surface area contributed by atoms with Crippen LogP contribution in [0, 0.1) is 5.92 Å². The minimum atomic E-state index is -3.22. The lowest BCUT2D eigenvalue weighted by molar-refractivity contribution is 0.215. The standard InChI is InChI=1S/C13H20N2O3S/c1-19(16,17)15-12-2-4-13(5-3-12)18-10-11-6-8-14-9-7-11/h2-5,11,14-15H,6-10H2,1H3. The second-order valence-corrected chi connectivity index (χ2v) is 6.65. The van der Waals surface area contributed by atoms with Crippen molar-refractivity contribution < 1.29 is 13.2 Å². The fourth-order valence-electron chi connectivity index (χ4n) is 2.10. The Morgan fingerprint density at radius 3 is 2.47 bits per heavy atom. The van der Waals surface area contributed by atoms with Crippen molar-refractivity contribution >= 4 is 15.7 Å². The van der Waals surface area contributed by atoms with Gasteiger partial charge in [-0.05, 0) is 56.1 Å². The van der Waals surface area contributed by atoms with Crippen LogP contribution in [0.15, 0.2) is 24.3 Å². The third-order valence-corrected chi connectivity index (χ3v) is 3.71. The van der Waals surface area contributed by atoms with Gasteiger partial charge in [-0.25, -0.2) is 8.42 Å². The van der Waals surface area contributed by atoms with Gasteiger partial charge in [0.1, 0.15) is 5.75 Å². The zero-order valence-electron chi connectivity index (χ0n) is 11.1. The molecular weight excluding hydrogens is 264 g/mol. The molecule has 0 saturated carbocycles. The van der Waals surface area contributed by atoms with Crippen molar-refractivity contribution in [3.8, 4) is 5.75 Å². The number of piperidine rings is 1. The van der Waals surface area contributed by atoms with Crippen molar-refractivity contribution in [2.75, 3.05) is 30.7 Å². The first-order valence-corrected chi connectivity index (χ1v) is 8.33. The highest BCUT2D eigenvalue weighted by Crippen LogP contribution is 2.19. The first-order chi connectivity index (χ1) is 9.03. The summed E-state index contributed by atoms with van der Waals surface area (Å²) in [6, 6.07) is 6.99. The van der Waals surface area contributed by atoms with E-state index in [1.807, 2.05) is 0 Å². The van der Waals surface area contributed by atoms with Crippen LogP contribution in [0.4, 0.5) is 5.69 Å². The summed E-state index contributed by atoms with van der Waals surface area (Å²) < 4.78 is 30.3. The molecule has 0 unspecified atom stereocenters. The summed E-state index contributed by atoms with van der Waals surface area (Å²) >= 11 is 0. The zero-order chi connectivity index (χ0) is 13.7. The summed E-state index contributed by atoms with van der Waals surface area (Å²) in [6.07, 6.45) is 3.43. The van der Waals surface area contributed by atoms with Gasteiger partial charge >= 0.3 is 0 Å². The molecule has 19 heavy (non-hydrogen) atoms. The fourth-order valence-corrected chi connectivity index (χ4v) is 2.66. The maximum Gasteiger partial charge on any atom is 0.229 e. The lowest BCUT2D eigenvalue weighted by atomic mass is 9.99. The molecule has 1 aromatic rings. The number of hydrogen-bond acceptors (Lipinski definition) is 4. The molecule has 0 aromatic heterocycles. The average molecular weight is 284 g/mol. The van der Waals surface area contributed by atoms with Crippen molar-refractivity contribution in [3.05, 3.63) is 24.3 Å². The maximum atomic E-state index is 11.1. The number of ether oxygens (including phenoxy) is 1. The first-order valence-electron chi connectivity index (χ1n) is 6.44. The molecule has 6 heteroatoms. The third-order valence-electron chi connectivity index (χ3n) is 3.10. The molecule has 0 radical (unpaired) electrons. The fraction of sp³-hybridized carbons (Fsp3) is 0.538. The van der Waals surface area contributed by atoms with E-state index in [1.165, 1.54) is 0 Å². The van der Waals surface area contributed by atoms with Gasteiger partial charge < -0.3 is 10.1 Å². The number of hydrogen-bond donors (Lipinski definition) is 2. The van der Waals surface area contributed by atoms with Crippen LogP contribution in [0.3, 0.4) is 0 Å². The van der Waals surface area contributed by atoms with Crippen LogP contribution in [0.1, 0.15) is 12.8 Å². The first kappa shape index (κ1) is 14.1. The van der Waals surface area contributed by atoms with Crippen molar-refractivity contribution in [1.82, 2.24) is 5.32 Å². The highest BCUT2D eigenvalue weighted by molar-refractivity contribution is 7.92. The predicted molar refractivity (Wildman–Crippen MR) is 76.0 cm³/mol. The highest BCUT2D eigenvalue weighted by Gasteiger charge is 2.13. The quantitative estimate of drug-likeness (QED) is 0.858. The van der Waals surface area contributed by atoms with Crippen LogP contribution in [-0.2, 0) is 10.0 Å². The monoisotopic (exact) mass is 284 g/mol. The van der Waals surface area contributed by atoms with Gasteiger partial charge in [-0.3, -0.25) is 4.72 Å². The molecule has 1 aromatic carbocycles. The number of nitrogens with one attached hydrogen (secondary N) is 2. The van der Waals surface area contributed by atoms with Gasteiger partial charge in [-0.15, -0.1) is 0 Å². The molecule has 1 saturated heterocycles. The summed E-state index contributed by atoms with van der Waals surface area (Å²) in [4.78, 5) is 0. The van der Waals surface area contributed by atoms with E-state index in [1.54, 1.807) is 24.3 Å². The van der Waals surface area contributed by atoms with Crippen LogP contribution in [0.2, 0.25) is 0 Å². The van der Waals surface area contributed by atoms with Crippen molar-refractivity contribution in [3.63, 3.8) is 0 Å². The molecule has 0 spiro atoms. The molecule has 0 amide bonds. The molecule has 2 rings (SSSR count). The van der Waals surface area contributed by atoms with Gasteiger partial charge in [0.2, 0.25) is 10.0 Å². The summed E-state index contributed by atoms with van der Waals surface area (Å²) in [5.74, 6) is 1.38. The second-order valence-electron chi connectivity index (χ2n) is 4.90.